The first-order valence-corrected chi connectivity index (χ1v) is 11.3. The van der Waals surface area contributed by atoms with Gasteiger partial charge in [-0.3, -0.25) is 14.4 Å². The molecule has 1 aliphatic heterocycles. The summed E-state index contributed by atoms with van der Waals surface area (Å²) >= 11 is 3.40. The summed E-state index contributed by atoms with van der Waals surface area (Å²) in [6.07, 6.45) is 1.34. The van der Waals surface area contributed by atoms with E-state index in [1.165, 1.54) is 20.4 Å². The Bertz CT molecular complexity index is 1100. The molecule has 0 atom stereocenters. The van der Waals surface area contributed by atoms with E-state index in [4.69, 9.17) is 18.9 Å². The Balaban J connectivity index is 1.57. The summed E-state index contributed by atoms with van der Waals surface area (Å²) in [5.74, 6) is -0.730. The summed E-state index contributed by atoms with van der Waals surface area (Å²) in [6.45, 7) is 1.91. The number of nitrogens with one attached hydrogen (secondary N) is 2. The van der Waals surface area contributed by atoms with Gasteiger partial charge in [-0.1, -0.05) is 6.07 Å². The van der Waals surface area contributed by atoms with Gasteiger partial charge in [0.05, 0.1) is 38.1 Å². The predicted molar refractivity (Wildman–Crippen MR) is 131 cm³/mol. The fraction of sp³-hybridized carbons (Fsp3) is 0.304. The van der Waals surface area contributed by atoms with Crippen LogP contribution in [0.1, 0.15) is 5.56 Å². The Hall–Kier alpha value is -3.64. The zero-order valence-corrected chi connectivity index (χ0v) is 20.8. The maximum Gasteiger partial charge on any atom is 0.329 e. The minimum absolute atomic E-state index is 0.150. The van der Waals surface area contributed by atoms with Crippen LogP contribution in [0.3, 0.4) is 0 Å². The molecule has 35 heavy (non-hydrogen) atoms. The minimum atomic E-state index is -0.948. The molecule has 186 valence electrons. The molecule has 3 amide bonds. The van der Waals surface area contributed by atoms with Crippen LogP contribution in [0.2, 0.25) is 0 Å². The summed E-state index contributed by atoms with van der Waals surface area (Å²) < 4.78 is 21.9. The molecule has 2 aromatic carbocycles. The van der Waals surface area contributed by atoms with E-state index in [2.05, 4.69) is 31.8 Å². The van der Waals surface area contributed by atoms with Gasteiger partial charge >= 0.3 is 11.8 Å². The predicted octanol–water partition coefficient (Wildman–Crippen LogP) is 1.79. The smallest absolute Gasteiger partial charge is 0.329 e. The van der Waals surface area contributed by atoms with Crippen LogP contribution >= 0.6 is 15.9 Å². The largest absolute Gasteiger partial charge is 0.497 e. The average molecular weight is 549 g/mol. The highest BCUT2D eigenvalue weighted by Crippen LogP contribution is 2.36. The molecule has 2 N–H and O–H groups in total. The van der Waals surface area contributed by atoms with Crippen molar-refractivity contribution in [3.8, 4) is 17.2 Å². The van der Waals surface area contributed by atoms with Crippen LogP contribution in [0.25, 0.3) is 0 Å². The van der Waals surface area contributed by atoms with Crippen LogP contribution in [0.5, 0.6) is 17.2 Å². The number of methoxy groups -OCH3 is 2. The van der Waals surface area contributed by atoms with Crippen molar-refractivity contribution in [2.45, 2.75) is 0 Å². The van der Waals surface area contributed by atoms with E-state index in [0.717, 1.165) is 0 Å². The van der Waals surface area contributed by atoms with Crippen molar-refractivity contribution in [3.63, 3.8) is 0 Å². The third-order valence-electron chi connectivity index (χ3n) is 4.87. The van der Waals surface area contributed by atoms with Crippen molar-refractivity contribution in [1.82, 2.24) is 10.3 Å². The Morgan fingerprint density at radius 2 is 1.89 bits per heavy atom. The van der Waals surface area contributed by atoms with E-state index in [1.807, 2.05) is 0 Å². The number of benzene rings is 2. The number of ether oxygens (including phenoxy) is 4. The summed E-state index contributed by atoms with van der Waals surface area (Å²) in [5.41, 5.74) is 3.12. The molecule has 0 spiro atoms. The zero-order valence-electron chi connectivity index (χ0n) is 19.2. The highest BCUT2D eigenvalue weighted by molar-refractivity contribution is 9.10. The highest BCUT2D eigenvalue weighted by atomic mass is 79.9. The molecule has 0 unspecified atom stereocenters. The van der Waals surface area contributed by atoms with E-state index in [1.54, 1.807) is 41.3 Å². The van der Waals surface area contributed by atoms with E-state index in [-0.39, 0.29) is 12.5 Å². The molecular weight excluding hydrogens is 524 g/mol. The number of hydrazone groups is 1. The molecule has 0 aliphatic carbocycles. The lowest BCUT2D eigenvalue weighted by molar-refractivity contribution is -0.137. The lowest BCUT2D eigenvalue weighted by atomic mass is 10.2. The van der Waals surface area contributed by atoms with Crippen molar-refractivity contribution in [1.29, 1.82) is 0 Å². The third kappa shape index (κ3) is 7.42. The van der Waals surface area contributed by atoms with Gasteiger partial charge in [0.1, 0.15) is 5.75 Å². The van der Waals surface area contributed by atoms with Gasteiger partial charge in [0.15, 0.2) is 18.1 Å². The number of amides is 3. The molecule has 0 saturated carbocycles. The lowest BCUT2D eigenvalue weighted by Crippen LogP contribution is -2.43. The molecule has 0 radical (unpaired) electrons. The molecule has 1 fully saturated rings. The number of morpholine rings is 1. The van der Waals surface area contributed by atoms with Crippen LogP contribution in [0, 0.1) is 0 Å². The Morgan fingerprint density at radius 3 is 2.60 bits per heavy atom. The number of hydrogen-bond acceptors (Lipinski definition) is 8. The first-order valence-electron chi connectivity index (χ1n) is 10.6. The minimum Gasteiger partial charge on any atom is -0.497 e. The van der Waals surface area contributed by atoms with Gasteiger partial charge in [-0.25, -0.2) is 5.43 Å². The molecule has 2 aromatic rings. The monoisotopic (exact) mass is 548 g/mol. The fourth-order valence-electron chi connectivity index (χ4n) is 3.10. The van der Waals surface area contributed by atoms with Crippen LogP contribution in [-0.4, -0.2) is 76.0 Å². The third-order valence-corrected chi connectivity index (χ3v) is 5.46. The average Bonchev–Trinajstić information content (AvgIpc) is 2.88. The molecule has 12 heteroatoms. The zero-order chi connectivity index (χ0) is 25.2. The first kappa shape index (κ1) is 26.0. The number of halogens is 1. The van der Waals surface area contributed by atoms with Gasteiger partial charge in [0.25, 0.3) is 5.91 Å². The van der Waals surface area contributed by atoms with E-state index < -0.39 is 11.8 Å². The van der Waals surface area contributed by atoms with E-state index >= 15 is 0 Å². The maximum atomic E-state index is 12.3. The molecule has 1 aliphatic rings. The number of hydrogen-bond donors (Lipinski definition) is 2. The van der Waals surface area contributed by atoms with Crippen LogP contribution in [0.4, 0.5) is 5.69 Å². The number of rotatable bonds is 8. The quantitative estimate of drug-likeness (QED) is 0.292. The Morgan fingerprint density at radius 1 is 1.11 bits per heavy atom. The van der Waals surface area contributed by atoms with Crippen molar-refractivity contribution in [2.75, 3.05) is 52.4 Å². The van der Waals surface area contributed by atoms with Crippen LogP contribution in [-0.2, 0) is 19.1 Å². The van der Waals surface area contributed by atoms with E-state index in [0.29, 0.717) is 59.3 Å². The molecule has 1 saturated heterocycles. The lowest BCUT2D eigenvalue weighted by Gasteiger charge is -2.26. The molecule has 0 aromatic heterocycles. The van der Waals surface area contributed by atoms with Gasteiger partial charge in [-0.15, -0.1) is 0 Å². The standard InChI is InChI=1S/C23H25BrN4O7/c1-32-17-5-3-4-16(12-17)26-22(30)23(31)27-25-13-15-10-18(24)21(19(11-15)33-2)35-14-20(29)28-6-8-34-9-7-28/h3-5,10-13H,6-9,14H2,1-2H3,(H,26,30)(H,27,31)/b25-13-. The summed E-state index contributed by atoms with van der Waals surface area (Å²) in [6, 6.07) is 9.88. The van der Waals surface area contributed by atoms with Crippen molar-refractivity contribution < 1.29 is 33.3 Å². The second kappa shape index (κ2) is 12.7. The second-order valence-corrected chi connectivity index (χ2v) is 8.06. The molecule has 3 rings (SSSR count). The van der Waals surface area contributed by atoms with E-state index in [9.17, 15) is 14.4 Å². The fourth-order valence-corrected chi connectivity index (χ4v) is 3.67. The van der Waals surface area contributed by atoms with Gasteiger partial charge in [-0.2, -0.15) is 5.10 Å². The summed E-state index contributed by atoms with van der Waals surface area (Å²) in [7, 11) is 2.96. The maximum absolute atomic E-state index is 12.3. The number of carbonyl (C=O) groups is 3. The Kier molecular flexibility index (Phi) is 9.44. The second-order valence-electron chi connectivity index (χ2n) is 7.20. The molecular formula is C23H25BrN4O7. The van der Waals surface area contributed by atoms with Crippen molar-refractivity contribution in [3.05, 3.63) is 46.4 Å². The van der Waals surface area contributed by atoms with Gasteiger partial charge in [-0.05, 0) is 45.8 Å². The first-order chi connectivity index (χ1) is 16.9. The molecule has 1 heterocycles. The highest BCUT2D eigenvalue weighted by Gasteiger charge is 2.19. The molecule has 11 nitrogen and oxygen atoms in total. The number of anilines is 1. The summed E-state index contributed by atoms with van der Waals surface area (Å²) in [4.78, 5) is 38.1. The van der Waals surface area contributed by atoms with Gasteiger partial charge in [0.2, 0.25) is 0 Å². The normalized spacial score (nSPS) is 13.3. The number of carbonyl (C=O) groups excluding carboxylic acids is 3. The van der Waals surface area contributed by atoms with Crippen LogP contribution < -0.4 is 25.0 Å². The number of nitrogens with zero attached hydrogens (tertiary/aromatic N) is 2. The SMILES string of the molecule is COc1cccc(NC(=O)C(=O)N/N=C\c2cc(Br)c(OCC(=O)N3CCOCC3)c(OC)c2)c1. The summed E-state index contributed by atoms with van der Waals surface area (Å²) in [5, 5.41) is 6.28. The molecule has 0 bridgehead atoms. The van der Waals surface area contributed by atoms with Crippen molar-refractivity contribution >= 4 is 45.6 Å². The Labute approximate surface area is 210 Å². The topological polar surface area (TPSA) is 128 Å². The van der Waals surface area contributed by atoms with Gasteiger partial charge < -0.3 is 29.2 Å². The van der Waals surface area contributed by atoms with Crippen molar-refractivity contribution in [2.24, 2.45) is 5.10 Å². The van der Waals surface area contributed by atoms with Gasteiger partial charge in [0, 0.05) is 24.8 Å². The van der Waals surface area contributed by atoms with Crippen LogP contribution in [0.15, 0.2) is 46.0 Å².